The maximum atomic E-state index is 12.6. The number of hydrogen-bond acceptors (Lipinski definition) is 6. The Morgan fingerprint density at radius 3 is 2.37 bits per heavy atom. The third kappa shape index (κ3) is 5.45. The van der Waals surface area contributed by atoms with Crippen LogP contribution in [0, 0.1) is 12.8 Å². The summed E-state index contributed by atoms with van der Waals surface area (Å²) in [5, 5.41) is 0.467. The van der Waals surface area contributed by atoms with Crippen LogP contribution in [0.2, 0.25) is 5.02 Å². The normalized spacial score (nSPS) is 13.7. The lowest BCUT2D eigenvalue weighted by Crippen LogP contribution is -2.36. The van der Waals surface area contributed by atoms with Crippen molar-refractivity contribution in [2.45, 2.75) is 31.2 Å². The van der Waals surface area contributed by atoms with Crippen LogP contribution in [-0.2, 0) is 25.5 Å². The zero-order valence-corrected chi connectivity index (χ0v) is 16.9. The number of nitrogens with two attached hydrogens (primary N) is 1. The van der Waals surface area contributed by atoms with E-state index in [4.69, 9.17) is 26.3 Å². The fraction of sp³-hybridized carbons (Fsp3) is 0.316. The number of carbonyl (C=O) groups excluding carboxylic acids is 1. The molecule has 0 aliphatic rings. The molecule has 0 spiro atoms. The standard InChI is InChI=1S/C19H22ClNO5S/c1-12-4-7-16(8-5-12)27(23,24)26-19(22)17(13(2)21)11-14-10-15(20)6-9-18(14)25-3/h4-10,13,17H,11,21H2,1-3H3/t13?,17-/m0/s1. The lowest BCUT2D eigenvalue weighted by molar-refractivity contribution is -0.138. The molecule has 0 saturated carbocycles. The zero-order valence-electron chi connectivity index (χ0n) is 15.3. The van der Waals surface area contributed by atoms with Crippen molar-refractivity contribution in [3.8, 4) is 5.75 Å². The van der Waals surface area contributed by atoms with Gasteiger partial charge in [-0.25, -0.2) is 0 Å². The number of hydrogen-bond donors (Lipinski definition) is 1. The Labute approximate surface area is 164 Å². The molecule has 0 aromatic heterocycles. The van der Waals surface area contributed by atoms with E-state index >= 15 is 0 Å². The molecule has 2 aromatic rings. The van der Waals surface area contributed by atoms with Gasteiger partial charge in [-0.2, -0.15) is 8.42 Å². The van der Waals surface area contributed by atoms with Gasteiger partial charge in [0.05, 0.1) is 13.0 Å². The summed E-state index contributed by atoms with van der Waals surface area (Å²) < 4.78 is 34.9. The predicted molar refractivity (Wildman–Crippen MR) is 103 cm³/mol. The van der Waals surface area contributed by atoms with E-state index in [-0.39, 0.29) is 11.3 Å². The second-order valence-corrected chi connectivity index (χ2v) is 8.28. The maximum Gasteiger partial charge on any atom is 0.341 e. The fourth-order valence-electron chi connectivity index (χ4n) is 2.55. The lowest BCUT2D eigenvalue weighted by atomic mass is 9.93. The number of benzene rings is 2. The summed E-state index contributed by atoms with van der Waals surface area (Å²) in [6.45, 7) is 3.44. The van der Waals surface area contributed by atoms with E-state index in [0.29, 0.717) is 16.3 Å². The van der Waals surface area contributed by atoms with Crippen molar-refractivity contribution < 1.29 is 22.1 Å². The summed E-state index contributed by atoms with van der Waals surface area (Å²) in [4.78, 5) is 12.5. The topological polar surface area (TPSA) is 95.7 Å². The van der Waals surface area contributed by atoms with Gasteiger partial charge in [0.2, 0.25) is 0 Å². The van der Waals surface area contributed by atoms with Gasteiger partial charge in [0.1, 0.15) is 10.6 Å². The number of aryl methyl sites for hydroxylation is 1. The van der Waals surface area contributed by atoms with Gasteiger partial charge in [-0.3, -0.25) is 4.79 Å². The molecular formula is C19H22ClNO5S. The summed E-state index contributed by atoms with van der Waals surface area (Å²) in [5.74, 6) is -1.29. The van der Waals surface area contributed by atoms with E-state index in [1.54, 1.807) is 37.3 Å². The van der Waals surface area contributed by atoms with Crippen LogP contribution in [0.3, 0.4) is 0 Å². The van der Waals surface area contributed by atoms with Crippen molar-refractivity contribution in [2.24, 2.45) is 11.7 Å². The first-order valence-corrected chi connectivity index (χ1v) is 10.1. The van der Waals surface area contributed by atoms with Gasteiger partial charge in [0.25, 0.3) is 0 Å². The first-order valence-electron chi connectivity index (χ1n) is 8.27. The Hall–Kier alpha value is -2.09. The quantitative estimate of drug-likeness (QED) is 0.703. The molecule has 0 aliphatic carbocycles. The second kappa shape index (κ2) is 8.73. The molecular weight excluding hydrogens is 390 g/mol. The number of carbonyl (C=O) groups is 1. The highest BCUT2D eigenvalue weighted by Gasteiger charge is 2.30. The molecule has 2 N–H and O–H groups in total. The van der Waals surface area contributed by atoms with E-state index in [0.717, 1.165) is 5.56 Å². The highest BCUT2D eigenvalue weighted by atomic mass is 35.5. The Balaban J connectivity index is 2.25. The molecule has 8 heteroatoms. The molecule has 0 saturated heterocycles. The summed E-state index contributed by atoms with van der Waals surface area (Å²) in [5.41, 5.74) is 7.45. The summed E-state index contributed by atoms with van der Waals surface area (Å²) in [6.07, 6.45) is 0.129. The Bertz CT molecular complexity index is 910. The van der Waals surface area contributed by atoms with Gasteiger partial charge in [-0.05, 0) is 56.2 Å². The minimum absolute atomic E-state index is 0.0924. The summed E-state index contributed by atoms with van der Waals surface area (Å²) in [7, 11) is -2.74. The first kappa shape index (κ1) is 21.2. The van der Waals surface area contributed by atoms with Gasteiger partial charge < -0.3 is 14.7 Å². The molecule has 146 valence electrons. The van der Waals surface area contributed by atoms with Gasteiger partial charge in [0, 0.05) is 11.1 Å². The van der Waals surface area contributed by atoms with Crippen molar-refractivity contribution in [3.05, 3.63) is 58.6 Å². The monoisotopic (exact) mass is 411 g/mol. The summed E-state index contributed by atoms with van der Waals surface area (Å²) in [6, 6.07) is 10.4. The van der Waals surface area contributed by atoms with Crippen molar-refractivity contribution >= 4 is 27.7 Å². The van der Waals surface area contributed by atoms with Crippen LogP contribution in [0.15, 0.2) is 47.4 Å². The summed E-state index contributed by atoms with van der Waals surface area (Å²) >= 11 is 6.02. The molecule has 0 fully saturated rings. The lowest BCUT2D eigenvalue weighted by Gasteiger charge is -2.20. The highest BCUT2D eigenvalue weighted by Crippen LogP contribution is 2.27. The smallest absolute Gasteiger partial charge is 0.341 e. The van der Waals surface area contributed by atoms with E-state index < -0.39 is 28.0 Å². The molecule has 0 aliphatic heterocycles. The van der Waals surface area contributed by atoms with Crippen molar-refractivity contribution in [2.75, 3.05) is 7.11 Å². The molecule has 0 heterocycles. The minimum Gasteiger partial charge on any atom is -0.496 e. The highest BCUT2D eigenvalue weighted by molar-refractivity contribution is 7.87. The number of ether oxygens (including phenoxy) is 1. The number of rotatable bonds is 7. The first-order chi connectivity index (χ1) is 12.6. The van der Waals surface area contributed by atoms with E-state index in [1.165, 1.54) is 19.2 Å². The van der Waals surface area contributed by atoms with Crippen LogP contribution in [0.1, 0.15) is 18.1 Å². The third-order valence-electron chi connectivity index (χ3n) is 4.12. The molecule has 2 rings (SSSR count). The van der Waals surface area contributed by atoms with Crippen LogP contribution in [0.5, 0.6) is 5.75 Å². The zero-order chi connectivity index (χ0) is 20.2. The molecule has 0 amide bonds. The van der Waals surface area contributed by atoms with Crippen molar-refractivity contribution in [1.82, 2.24) is 0 Å². The van der Waals surface area contributed by atoms with Crippen LogP contribution in [-0.4, -0.2) is 27.5 Å². The molecule has 1 unspecified atom stereocenters. The largest absolute Gasteiger partial charge is 0.496 e. The van der Waals surface area contributed by atoms with Gasteiger partial charge in [0.15, 0.2) is 0 Å². The molecule has 2 atom stereocenters. The van der Waals surface area contributed by atoms with Gasteiger partial charge >= 0.3 is 16.1 Å². The minimum atomic E-state index is -4.23. The van der Waals surface area contributed by atoms with Gasteiger partial charge in [-0.15, -0.1) is 0 Å². The Morgan fingerprint density at radius 1 is 1.19 bits per heavy atom. The second-order valence-electron chi connectivity index (χ2n) is 6.30. The number of methoxy groups -OCH3 is 1. The Morgan fingerprint density at radius 2 is 1.81 bits per heavy atom. The molecule has 6 nitrogen and oxygen atoms in total. The van der Waals surface area contributed by atoms with Crippen molar-refractivity contribution in [3.63, 3.8) is 0 Å². The molecule has 27 heavy (non-hydrogen) atoms. The van der Waals surface area contributed by atoms with Crippen LogP contribution < -0.4 is 10.5 Å². The third-order valence-corrected chi connectivity index (χ3v) is 5.59. The van der Waals surface area contributed by atoms with E-state index in [1.807, 2.05) is 6.92 Å². The van der Waals surface area contributed by atoms with Gasteiger partial charge in [-0.1, -0.05) is 29.3 Å². The maximum absolute atomic E-state index is 12.6. The van der Waals surface area contributed by atoms with Crippen LogP contribution in [0.25, 0.3) is 0 Å². The van der Waals surface area contributed by atoms with Crippen LogP contribution >= 0.6 is 11.6 Å². The molecule has 2 aromatic carbocycles. The van der Waals surface area contributed by atoms with E-state index in [9.17, 15) is 13.2 Å². The van der Waals surface area contributed by atoms with Crippen LogP contribution in [0.4, 0.5) is 0 Å². The fourth-order valence-corrected chi connectivity index (χ4v) is 3.65. The Kier molecular flexibility index (Phi) is 6.86. The molecule has 0 radical (unpaired) electrons. The molecule has 0 bridgehead atoms. The average molecular weight is 412 g/mol. The van der Waals surface area contributed by atoms with E-state index in [2.05, 4.69) is 0 Å². The number of halogens is 1. The van der Waals surface area contributed by atoms with Crippen molar-refractivity contribution in [1.29, 1.82) is 0 Å². The SMILES string of the molecule is COc1ccc(Cl)cc1C[C@H](C(=O)OS(=O)(=O)c1ccc(C)cc1)C(C)N. The predicted octanol–water partition coefficient (Wildman–Crippen LogP) is 3.10. The average Bonchev–Trinajstić information content (AvgIpc) is 2.59.